The molecule has 0 saturated carbocycles. The summed E-state index contributed by atoms with van der Waals surface area (Å²) in [7, 11) is 0. The number of nitrogens with zero attached hydrogens (tertiary/aromatic N) is 3. The highest BCUT2D eigenvalue weighted by atomic mass is 16.3. The molecule has 1 aliphatic rings. The van der Waals surface area contributed by atoms with Gasteiger partial charge in [0.1, 0.15) is 17.4 Å². The first-order chi connectivity index (χ1) is 11.2. The van der Waals surface area contributed by atoms with Crippen molar-refractivity contribution in [2.45, 2.75) is 32.4 Å². The van der Waals surface area contributed by atoms with Crippen molar-refractivity contribution in [1.29, 1.82) is 0 Å². The van der Waals surface area contributed by atoms with Crippen LogP contribution in [-0.2, 0) is 0 Å². The standard InChI is InChI=1S/C18H22N4O/c1-11-9-19-8-7-16(11)22-17-13-5-3-4-6-14(13)20-10-15(17)21-18(22)12(2)23/h3-6,10-12,16,19,23H,7-9H2,1-2H3/t11?,12-,16?/m1/s1. The van der Waals surface area contributed by atoms with E-state index in [9.17, 15) is 5.11 Å². The largest absolute Gasteiger partial charge is 0.385 e. The monoisotopic (exact) mass is 310 g/mol. The third kappa shape index (κ3) is 2.31. The van der Waals surface area contributed by atoms with E-state index in [1.54, 1.807) is 6.92 Å². The summed E-state index contributed by atoms with van der Waals surface area (Å²) in [6.07, 6.45) is 2.28. The minimum atomic E-state index is -0.594. The van der Waals surface area contributed by atoms with Crippen molar-refractivity contribution in [2.24, 2.45) is 5.92 Å². The van der Waals surface area contributed by atoms with Crippen molar-refractivity contribution >= 4 is 21.9 Å². The molecule has 5 heteroatoms. The third-order valence-corrected chi connectivity index (χ3v) is 4.90. The molecular weight excluding hydrogens is 288 g/mol. The molecule has 1 aromatic carbocycles. The zero-order valence-electron chi connectivity index (χ0n) is 13.5. The molecule has 3 atom stereocenters. The van der Waals surface area contributed by atoms with Gasteiger partial charge in [0, 0.05) is 11.4 Å². The van der Waals surface area contributed by atoms with Crippen LogP contribution in [0.3, 0.4) is 0 Å². The normalized spacial score (nSPS) is 23.4. The van der Waals surface area contributed by atoms with E-state index >= 15 is 0 Å². The Morgan fingerprint density at radius 3 is 2.91 bits per heavy atom. The van der Waals surface area contributed by atoms with E-state index in [2.05, 4.69) is 27.9 Å². The number of aromatic nitrogens is 3. The maximum absolute atomic E-state index is 10.3. The number of rotatable bonds is 2. The van der Waals surface area contributed by atoms with Crippen molar-refractivity contribution in [2.75, 3.05) is 13.1 Å². The van der Waals surface area contributed by atoms with E-state index in [-0.39, 0.29) is 0 Å². The minimum Gasteiger partial charge on any atom is -0.385 e. The molecule has 1 saturated heterocycles. The highest BCUT2D eigenvalue weighted by molar-refractivity contribution is 6.02. The number of aliphatic hydroxyl groups excluding tert-OH is 1. The van der Waals surface area contributed by atoms with Gasteiger partial charge in [-0.25, -0.2) is 4.98 Å². The fourth-order valence-electron chi connectivity index (χ4n) is 3.76. The molecule has 23 heavy (non-hydrogen) atoms. The molecule has 0 spiro atoms. The van der Waals surface area contributed by atoms with Gasteiger partial charge in [0.15, 0.2) is 0 Å². The molecule has 120 valence electrons. The van der Waals surface area contributed by atoms with Crippen LogP contribution in [0.15, 0.2) is 30.5 Å². The second-order valence-electron chi connectivity index (χ2n) is 6.56. The Balaban J connectivity index is 2.05. The smallest absolute Gasteiger partial charge is 0.138 e. The van der Waals surface area contributed by atoms with Crippen molar-refractivity contribution in [3.05, 3.63) is 36.3 Å². The van der Waals surface area contributed by atoms with Gasteiger partial charge in [-0.2, -0.15) is 0 Å². The second kappa shape index (κ2) is 5.58. The van der Waals surface area contributed by atoms with Crippen LogP contribution in [0.1, 0.15) is 38.2 Å². The number of pyridine rings is 1. The summed E-state index contributed by atoms with van der Waals surface area (Å²) >= 11 is 0. The number of piperidine rings is 1. The third-order valence-electron chi connectivity index (χ3n) is 4.90. The van der Waals surface area contributed by atoms with Gasteiger partial charge >= 0.3 is 0 Å². The predicted octanol–water partition coefficient (Wildman–Crippen LogP) is 2.81. The number of hydrogen-bond donors (Lipinski definition) is 2. The summed E-state index contributed by atoms with van der Waals surface area (Å²) < 4.78 is 2.27. The Hall–Kier alpha value is -1.98. The van der Waals surface area contributed by atoms with Gasteiger partial charge < -0.3 is 15.0 Å². The lowest BCUT2D eigenvalue weighted by atomic mass is 9.94. The van der Waals surface area contributed by atoms with Crippen molar-refractivity contribution in [1.82, 2.24) is 19.9 Å². The van der Waals surface area contributed by atoms with Gasteiger partial charge in [-0.15, -0.1) is 0 Å². The number of nitrogens with one attached hydrogen (secondary N) is 1. The highest BCUT2D eigenvalue weighted by Gasteiger charge is 2.28. The van der Waals surface area contributed by atoms with Crippen LogP contribution >= 0.6 is 0 Å². The number of para-hydroxylation sites is 1. The molecule has 0 radical (unpaired) electrons. The number of imidazole rings is 1. The van der Waals surface area contributed by atoms with Gasteiger partial charge in [0.2, 0.25) is 0 Å². The summed E-state index contributed by atoms with van der Waals surface area (Å²) in [5, 5.41) is 14.8. The molecule has 2 N–H and O–H groups in total. The van der Waals surface area contributed by atoms with Gasteiger partial charge in [-0.3, -0.25) is 4.98 Å². The summed E-state index contributed by atoms with van der Waals surface area (Å²) in [6, 6.07) is 8.51. The van der Waals surface area contributed by atoms with Crippen LogP contribution in [0.25, 0.3) is 21.9 Å². The molecule has 0 bridgehead atoms. The van der Waals surface area contributed by atoms with Crippen molar-refractivity contribution in [3.8, 4) is 0 Å². The molecule has 3 aromatic rings. The predicted molar refractivity (Wildman–Crippen MR) is 91.4 cm³/mol. The topological polar surface area (TPSA) is 63.0 Å². The highest BCUT2D eigenvalue weighted by Crippen LogP contribution is 2.35. The lowest BCUT2D eigenvalue weighted by Gasteiger charge is -2.32. The first-order valence-corrected chi connectivity index (χ1v) is 8.31. The maximum Gasteiger partial charge on any atom is 0.138 e. The van der Waals surface area contributed by atoms with Crippen LogP contribution in [0.4, 0.5) is 0 Å². The van der Waals surface area contributed by atoms with Crippen LogP contribution < -0.4 is 5.32 Å². The summed E-state index contributed by atoms with van der Waals surface area (Å²) in [4.78, 5) is 9.22. The summed E-state index contributed by atoms with van der Waals surface area (Å²) in [6.45, 7) is 6.04. The van der Waals surface area contributed by atoms with Crippen LogP contribution in [0.2, 0.25) is 0 Å². The molecule has 0 aliphatic carbocycles. The molecule has 2 aromatic heterocycles. The number of aliphatic hydroxyl groups is 1. The molecule has 0 amide bonds. The van der Waals surface area contributed by atoms with Crippen LogP contribution in [0, 0.1) is 5.92 Å². The Labute approximate surface area is 135 Å². The van der Waals surface area contributed by atoms with E-state index in [0.29, 0.717) is 12.0 Å². The first kappa shape index (κ1) is 14.6. The Morgan fingerprint density at radius 1 is 1.30 bits per heavy atom. The first-order valence-electron chi connectivity index (χ1n) is 8.31. The Kier molecular flexibility index (Phi) is 3.54. The average Bonchev–Trinajstić information content (AvgIpc) is 2.95. The van der Waals surface area contributed by atoms with Crippen molar-refractivity contribution in [3.63, 3.8) is 0 Å². The van der Waals surface area contributed by atoms with Gasteiger partial charge in [0.25, 0.3) is 0 Å². The Bertz CT molecular complexity index is 855. The molecule has 2 unspecified atom stereocenters. The lowest BCUT2D eigenvalue weighted by molar-refractivity contribution is 0.172. The van der Waals surface area contributed by atoms with Gasteiger partial charge in [-0.05, 0) is 38.4 Å². The molecule has 5 nitrogen and oxygen atoms in total. The fraction of sp³-hybridized carbons (Fsp3) is 0.444. The summed E-state index contributed by atoms with van der Waals surface area (Å²) in [5.41, 5.74) is 2.94. The molecule has 3 heterocycles. The maximum atomic E-state index is 10.3. The van der Waals surface area contributed by atoms with Gasteiger partial charge in [-0.1, -0.05) is 25.1 Å². The lowest BCUT2D eigenvalue weighted by Crippen LogP contribution is -2.37. The van der Waals surface area contributed by atoms with Crippen molar-refractivity contribution < 1.29 is 5.11 Å². The number of hydrogen-bond acceptors (Lipinski definition) is 4. The second-order valence-corrected chi connectivity index (χ2v) is 6.56. The summed E-state index contributed by atoms with van der Waals surface area (Å²) in [5.74, 6) is 1.24. The number of fused-ring (bicyclic) bond motifs is 3. The van der Waals surface area contributed by atoms with E-state index in [0.717, 1.165) is 47.3 Å². The van der Waals surface area contributed by atoms with E-state index in [1.807, 2.05) is 24.4 Å². The average molecular weight is 310 g/mol. The van der Waals surface area contributed by atoms with E-state index < -0.39 is 6.10 Å². The SMILES string of the molecule is CC1CNCCC1n1c([C@@H](C)O)nc2cnc3ccccc3c21. The van der Waals surface area contributed by atoms with E-state index in [1.165, 1.54) is 0 Å². The zero-order chi connectivity index (χ0) is 16.0. The van der Waals surface area contributed by atoms with Crippen LogP contribution in [-0.4, -0.2) is 32.7 Å². The fourth-order valence-corrected chi connectivity index (χ4v) is 3.76. The van der Waals surface area contributed by atoms with Gasteiger partial charge in [0.05, 0.1) is 17.2 Å². The molecule has 1 fully saturated rings. The van der Waals surface area contributed by atoms with E-state index in [4.69, 9.17) is 4.98 Å². The Morgan fingerprint density at radius 2 is 2.13 bits per heavy atom. The minimum absolute atomic E-state index is 0.344. The van der Waals surface area contributed by atoms with Crippen LogP contribution in [0.5, 0.6) is 0 Å². The quantitative estimate of drug-likeness (QED) is 0.764. The number of benzene rings is 1. The zero-order valence-corrected chi connectivity index (χ0v) is 13.5. The molecular formula is C18H22N4O. The molecule has 4 rings (SSSR count). The molecule has 1 aliphatic heterocycles.